The predicted molar refractivity (Wildman–Crippen MR) is 66.8 cm³/mol. The highest BCUT2D eigenvalue weighted by Crippen LogP contribution is 2.33. The monoisotopic (exact) mass is 253 g/mol. The highest BCUT2D eigenvalue weighted by Gasteiger charge is 2.23. The van der Waals surface area contributed by atoms with Crippen LogP contribution in [0.5, 0.6) is 11.5 Å². The van der Waals surface area contributed by atoms with Crippen LogP contribution < -0.4 is 14.8 Å². The van der Waals surface area contributed by atoms with Crippen molar-refractivity contribution in [3.63, 3.8) is 0 Å². The first-order valence-corrected chi connectivity index (χ1v) is 6.03. The van der Waals surface area contributed by atoms with Gasteiger partial charge in [-0.1, -0.05) is 12.1 Å². The quantitative estimate of drug-likeness (QED) is 0.703. The van der Waals surface area contributed by atoms with Crippen molar-refractivity contribution in [1.29, 1.82) is 0 Å². The van der Waals surface area contributed by atoms with E-state index < -0.39 is 5.54 Å². The lowest BCUT2D eigenvalue weighted by Gasteiger charge is -2.27. The van der Waals surface area contributed by atoms with Crippen molar-refractivity contribution in [2.45, 2.75) is 19.0 Å². The van der Waals surface area contributed by atoms with Gasteiger partial charge in [0.2, 0.25) is 0 Å². The molecule has 5 heteroatoms. The third-order valence-electron chi connectivity index (χ3n) is 3.05. The Morgan fingerprint density at radius 2 is 1.94 bits per heavy atom. The minimum Gasteiger partial charge on any atom is -0.486 e. The zero-order chi connectivity index (χ0) is 13.0. The number of nitrogens with one attached hydrogen (secondary N) is 1. The van der Waals surface area contributed by atoms with Gasteiger partial charge in [-0.2, -0.15) is 0 Å². The van der Waals surface area contributed by atoms with E-state index in [1.165, 1.54) is 0 Å². The van der Waals surface area contributed by atoms with Crippen molar-refractivity contribution >= 4 is 0 Å². The number of aliphatic hydroxyl groups is 2. The molecule has 0 bridgehead atoms. The second kappa shape index (κ2) is 5.56. The summed E-state index contributed by atoms with van der Waals surface area (Å²) < 4.78 is 11.1. The fourth-order valence-corrected chi connectivity index (χ4v) is 1.74. The van der Waals surface area contributed by atoms with E-state index in [4.69, 9.17) is 9.47 Å². The van der Waals surface area contributed by atoms with Gasteiger partial charge >= 0.3 is 0 Å². The third kappa shape index (κ3) is 2.75. The summed E-state index contributed by atoms with van der Waals surface area (Å²) in [6, 6.07) is 5.71. The molecule has 1 aromatic rings. The SMILES string of the molecule is CC(CO)(CO)NCc1cccc2c1OCCO2. The first-order chi connectivity index (χ1) is 8.68. The highest BCUT2D eigenvalue weighted by atomic mass is 16.6. The molecule has 0 amide bonds. The first-order valence-electron chi connectivity index (χ1n) is 6.03. The Balaban J connectivity index is 2.10. The average molecular weight is 253 g/mol. The Morgan fingerprint density at radius 3 is 2.67 bits per heavy atom. The summed E-state index contributed by atoms with van der Waals surface area (Å²) in [7, 11) is 0. The van der Waals surface area contributed by atoms with Crippen LogP contribution >= 0.6 is 0 Å². The summed E-state index contributed by atoms with van der Waals surface area (Å²) >= 11 is 0. The third-order valence-corrected chi connectivity index (χ3v) is 3.05. The van der Waals surface area contributed by atoms with E-state index in [1.807, 2.05) is 18.2 Å². The Labute approximate surface area is 106 Å². The molecule has 0 spiro atoms. The number of hydrogen-bond donors (Lipinski definition) is 3. The summed E-state index contributed by atoms with van der Waals surface area (Å²) in [5.74, 6) is 1.49. The van der Waals surface area contributed by atoms with Crippen molar-refractivity contribution in [2.24, 2.45) is 0 Å². The number of para-hydroxylation sites is 1. The van der Waals surface area contributed by atoms with E-state index in [9.17, 15) is 10.2 Å². The van der Waals surface area contributed by atoms with E-state index in [0.29, 0.717) is 19.8 Å². The molecule has 0 atom stereocenters. The van der Waals surface area contributed by atoms with E-state index in [2.05, 4.69) is 5.32 Å². The van der Waals surface area contributed by atoms with Crippen LogP contribution in [0.4, 0.5) is 0 Å². The van der Waals surface area contributed by atoms with Gasteiger partial charge < -0.3 is 25.0 Å². The number of ether oxygens (including phenoxy) is 2. The lowest BCUT2D eigenvalue weighted by Crippen LogP contribution is -2.48. The lowest BCUT2D eigenvalue weighted by atomic mass is 10.0. The predicted octanol–water partition coefficient (Wildman–Crippen LogP) is 0.291. The minimum atomic E-state index is -0.696. The Morgan fingerprint density at radius 1 is 1.22 bits per heavy atom. The molecular formula is C13H19NO4. The largest absolute Gasteiger partial charge is 0.486 e. The second-order valence-electron chi connectivity index (χ2n) is 4.67. The standard InChI is InChI=1S/C13H19NO4/c1-13(8-15,9-16)14-7-10-3-2-4-11-12(10)18-6-5-17-11/h2-4,14-16H,5-9H2,1H3. The van der Waals surface area contributed by atoms with Gasteiger partial charge in [0.25, 0.3) is 0 Å². The molecule has 0 radical (unpaired) electrons. The maximum atomic E-state index is 9.22. The molecule has 0 saturated heterocycles. The van der Waals surface area contributed by atoms with Crippen LogP contribution in [0.2, 0.25) is 0 Å². The van der Waals surface area contributed by atoms with Crippen molar-refractivity contribution < 1.29 is 19.7 Å². The van der Waals surface area contributed by atoms with Crippen molar-refractivity contribution in [3.8, 4) is 11.5 Å². The van der Waals surface area contributed by atoms with Gasteiger partial charge in [-0.3, -0.25) is 0 Å². The fraction of sp³-hybridized carbons (Fsp3) is 0.538. The number of benzene rings is 1. The first kappa shape index (κ1) is 13.1. The zero-order valence-corrected chi connectivity index (χ0v) is 10.5. The fourth-order valence-electron chi connectivity index (χ4n) is 1.74. The van der Waals surface area contributed by atoms with Gasteiger partial charge in [0.15, 0.2) is 11.5 Å². The molecule has 0 saturated carbocycles. The van der Waals surface area contributed by atoms with Crippen LogP contribution in [-0.4, -0.2) is 42.2 Å². The number of hydrogen-bond acceptors (Lipinski definition) is 5. The molecule has 5 nitrogen and oxygen atoms in total. The van der Waals surface area contributed by atoms with Crippen LogP contribution in [-0.2, 0) is 6.54 Å². The van der Waals surface area contributed by atoms with Crippen molar-refractivity contribution in [3.05, 3.63) is 23.8 Å². The molecule has 1 aliphatic heterocycles. The molecule has 0 unspecified atom stereocenters. The minimum absolute atomic E-state index is 0.129. The second-order valence-corrected chi connectivity index (χ2v) is 4.67. The Hall–Kier alpha value is -1.30. The molecule has 0 aliphatic carbocycles. The molecule has 1 aromatic carbocycles. The topological polar surface area (TPSA) is 71.0 Å². The van der Waals surface area contributed by atoms with E-state index >= 15 is 0 Å². The van der Waals surface area contributed by atoms with Crippen molar-refractivity contribution in [2.75, 3.05) is 26.4 Å². The van der Waals surface area contributed by atoms with Crippen molar-refractivity contribution in [1.82, 2.24) is 5.32 Å². The molecule has 3 N–H and O–H groups in total. The van der Waals surface area contributed by atoms with Gasteiger partial charge in [0.1, 0.15) is 13.2 Å². The van der Waals surface area contributed by atoms with Gasteiger partial charge in [-0.25, -0.2) is 0 Å². The highest BCUT2D eigenvalue weighted by molar-refractivity contribution is 5.47. The Bertz CT molecular complexity index is 404. The summed E-state index contributed by atoms with van der Waals surface area (Å²) in [5, 5.41) is 21.6. The van der Waals surface area contributed by atoms with Gasteiger partial charge in [-0.05, 0) is 13.0 Å². The van der Waals surface area contributed by atoms with E-state index in [1.54, 1.807) is 6.92 Å². The van der Waals surface area contributed by atoms with Gasteiger partial charge in [0.05, 0.1) is 18.8 Å². The molecule has 1 heterocycles. The van der Waals surface area contributed by atoms with Crippen LogP contribution in [0.25, 0.3) is 0 Å². The molecule has 0 aromatic heterocycles. The molecular weight excluding hydrogens is 234 g/mol. The summed E-state index contributed by atoms with van der Waals surface area (Å²) in [5.41, 5.74) is 0.262. The molecule has 2 rings (SSSR count). The lowest BCUT2D eigenvalue weighted by molar-refractivity contribution is 0.102. The molecule has 18 heavy (non-hydrogen) atoms. The van der Waals surface area contributed by atoms with Gasteiger partial charge in [0, 0.05) is 12.1 Å². The maximum Gasteiger partial charge on any atom is 0.165 e. The van der Waals surface area contributed by atoms with E-state index in [0.717, 1.165) is 17.1 Å². The van der Waals surface area contributed by atoms with Crippen LogP contribution in [0, 0.1) is 0 Å². The molecule has 0 fully saturated rings. The summed E-state index contributed by atoms with van der Waals surface area (Å²) in [4.78, 5) is 0. The molecule has 1 aliphatic rings. The van der Waals surface area contributed by atoms with E-state index in [-0.39, 0.29) is 13.2 Å². The van der Waals surface area contributed by atoms with Crippen LogP contribution in [0.1, 0.15) is 12.5 Å². The van der Waals surface area contributed by atoms with Crippen LogP contribution in [0.3, 0.4) is 0 Å². The average Bonchev–Trinajstić information content (AvgIpc) is 2.44. The summed E-state index contributed by atoms with van der Waals surface area (Å²) in [6.45, 7) is 3.12. The number of aliphatic hydroxyl groups excluding tert-OH is 2. The molecule has 100 valence electrons. The maximum absolute atomic E-state index is 9.22. The number of fused-ring (bicyclic) bond motifs is 1. The van der Waals surface area contributed by atoms with Gasteiger partial charge in [-0.15, -0.1) is 0 Å². The zero-order valence-electron chi connectivity index (χ0n) is 10.5. The normalized spacial score (nSPS) is 14.6. The summed E-state index contributed by atoms with van der Waals surface area (Å²) in [6.07, 6.45) is 0. The Kier molecular flexibility index (Phi) is 4.06. The number of rotatable bonds is 5. The smallest absolute Gasteiger partial charge is 0.165 e. The van der Waals surface area contributed by atoms with Crippen LogP contribution in [0.15, 0.2) is 18.2 Å².